The monoisotopic (exact) mass is 332 g/mol. The largest absolute Gasteiger partial charge is 0.310 e. The Bertz CT molecular complexity index is 484. The van der Waals surface area contributed by atoms with E-state index in [0.717, 1.165) is 10.0 Å². The number of pyridine rings is 1. The van der Waals surface area contributed by atoms with Crippen molar-refractivity contribution in [2.24, 2.45) is 5.92 Å². The van der Waals surface area contributed by atoms with Gasteiger partial charge in [0.2, 0.25) is 11.8 Å². The van der Waals surface area contributed by atoms with E-state index in [9.17, 15) is 13.6 Å². The maximum Gasteiger partial charge on any atom is 0.248 e. The number of anilines is 1. The highest BCUT2D eigenvalue weighted by Crippen LogP contribution is 2.36. The number of halogens is 3. The van der Waals surface area contributed by atoms with Gasteiger partial charge in [-0.05, 0) is 47.3 Å². The van der Waals surface area contributed by atoms with Crippen molar-refractivity contribution in [3.8, 4) is 0 Å². The second kappa shape index (κ2) is 5.53. The molecule has 2 rings (SSSR count). The zero-order chi connectivity index (χ0) is 14.0. The van der Waals surface area contributed by atoms with Crippen molar-refractivity contribution in [3.63, 3.8) is 0 Å². The highest BCUT2D eigenvalue weighted by Gasteiger charge is 2.37. The van der Waals surface area contributed by atoms with E-state index in [1.54, 1.807) is 12.3 Å². The Balaban J connectivity index is 1.96. The Morgan fingerprint density at radius 2 is 2.11 bits per heavy atom. The average molecular weight is 333 g/mol. The number of aromatic nitrogens is 1. The first-order valence-corrected chi connectivity index (χ1v) is 6.97. The molecule has 1 aliphatic carbocycles. The van der Waals surface area contributed by atoms with Crippen LogP contribution >= 0.6 is 15.9 Å². The molecular formula is C13H15BrF2N2O. The zero-order valence-corrected chi connectivity index (χ0v) is 12.1. The summed E-state index contributed by atoms with van der Waals surface area (Å²) < 4.78 is 26.9. The molecule has 0 radical (unpaired) electrons. The highest BCUT2D eigenvalue weighted by molar-refractivity contribution is 9.10. The van der Waals surface area contributed by atoms with Crippen molar-refractivity contribution in [3.05, 3.63) is 22.3 Å². The Kier molecular flexibility index (Phi) is 4.18. The zero-order valence-electron chi connectivity index (χ0n) is 10.5. The number of nitrogens with one attached hydrogen (secondary N) is 1. The molecule has 0 aromatic carbocycles. The molecule has 6 heteroatoms. The van der Waals surface area contributed by atoms with Crippen LogP contribution in [0.2, 0.25) is 0 Å². The minimum atomic E-state index is -2.61. The molecule has 3 nitrogen and oxygen atoms in total. The molecule has 1 aromatic rings. The lowest BCUT2D eigenvalue weighted by atomic mass is 9.86. The number of hydrogen-bond acceptors (Lipinski definition) is 2. The number of carbonyl (C=O) groups is 1. The van der Waals surface area contributed by atoms with Crippen LogP contribution in [0.1, 0.15) is 31.2 Å². The van der Waals surface area contributed by atoms with Crippen LogP contribution in [0.4, 0.5) is 14.6 Å². The lowest BCUT2D eigenvalue weighted by Crippen LogP contribution is -2.32. The smallest absolute Gasteiger partial charge is 0.248 e. The molecule has 19 heavy (non-hydrogen) atoms. The summed E-state index contributed by atoms with van der Waals surface area (Å²) in [7, 11) is 0. The molecule has 1 aromatic heterocycles. The molecule has 0 atom stereocenters. The van der Waals surface area contributed by atoms with Crippen molar-refractivity contribution >= 4 is 27.7 Å². The summed E-state index contributed by atoms with van der Waals surface area (Å²) in [5.74, 6) is -2.71. The predicted molar refractivity (Wildman–Crippen MR) is 72.2 cm³/mol. The molecule has 1 amide bonds. The van der Waals surface area contributed by atoms with Crippen LogP contribution in [0.3, 0.4) is 0 Å². The first-order valence-electron chi connectivity index (χ1n) is 6.18. The predicted octanol–water partition coefficient (Wildman–Crippen LogP) is 3.92. The number of alkyl halides is 2. The second-order valence-electron chi connectivity index (χ2n) is 4.94. The Morgan fingerprint density at radius 1 is 1.47 bits per heavy atom. The van der Waals surface area contributed by atoms with E-state index in [0.29, 0.717) is 5.82 Å². The summed E-state index contributed by atoms with van der Waals surface area (Å²) in [6.45, 7) is 1.89. The fourth-order valence-corrected chi connectivity index (χ4v) is 2.36. The maximum absolute atomic E-state index is 13.0. The van der Waals surface area contributed by atoms with Gasteiger partial charge in [-0.2, -0.15) is 0 Å². The average Bonchev–Trinajstić information content (AvgIpc) is 2.33. The first-order chi connectivity index (χ1) is 8.87. The van der Waals surface area contributed by atoms with E-state index in [1.807, 2.05) is 6.92 Å². The lowest BCUT2D eigenvalue weighted by molar-refractivity contribution is -0.124. The number of aryl methyl sites for hydroxylation is 1. The van der Waals surface area contributed by atoms with Gasteiger partial charge < -0.3 is 5.32 Å². The molecular weight excluding hydrogens is 318 g/mol. The van der Waals surface area contributed by atoms with Crippen LogP contribution in [-0.4, -0.2) is 16.8 Å². The van der Waals surface area contributed by atoms with Gasteiger partial charge in [0.25, 0.3) is 0 Å². The topological polar surface area (TPSA) is 42.0 Å². The number of hydrogen-bond donors (Lipinski definition) is 1. The number of carbonyl (C=O) groups excluding carboxylic acids is 1. The van der Waals surface area contributed by atoms with Crippen LogP contribution in [0.15, 0.2) is 16.7 Å². The van der Waals surface area contributed by atoms with Gasteiger partial charge in [-0.15, -0.1) is 0 Å². The third kappa shape index (κ3) is 3.72. The van der Waals surface area contributed by atoms with Gasteiger partial charge in [0, 0.05) is 29.4 Å². The summed E-state index contributed by atoms with van der Waals surface area (Å²) in [4.78, 5) is 16.0. The minimum Gasteiger partial charge on any atom is -0.310 e. The Labute approximate surface area is 118 Å². The summed E-state index contributed by atoms with van der Waals surface area (Å²) in [5.41, 5.74) is 0.959. The van der Waals surface area contributed by atoms with Crippen molar-refractivity contribution in [1.82, 2.24) is 4.98 Å². The van der Waals surface area contributed by atoms with Gasteiger partial charge in [0.05, 0.1) is 0 Å². The number of rotatable bonds is 2. The minimum absolute atomic E-state index is 0.210. The number of nitrogens with zero attached hydrogens (tertiary/aromatic N) is 1. The van der Waals surface area contributed by atoms with E-state index >= 15 is 0 Å². The van der Waals surface area contributed by atoms with Gasteiger partial charge >= 0.3 is 0 Å². The molecule has 1 N–H and O–H groups in total. The van der Waals surface area contributed by atoms with E-state index in [2.05, 4.69) is 26.2 Å². The molecule has 1 aliphatic rings. The van der Waals surface area contributed by atoms with Crippen LogP contribution in [0, 0.1) is 12.8 Å². The highest BCUT2D eigenvalue weighted by atomic mass is 79.9. The molecule has 1 saturated carbocycles. The van der Waals surface area contributed by atoms with Crippen LogP contribution in [-0.2, 0) is 4.79 Å². The van der Waals surface area contributed by atoms with Gasteiger partial charge in [0.15, 0.2) is 0 Å². The second-order valence-corrected chi connectivity index (χ2v) is 5.79. The van der Waals surface area contributed by atoms with Crippen LogP contribution in [0.5, 0.6) is 0 Å². The summed E-state index contributed by atoms with van der Waals surface area (Å²) in [5, 5.41) is 2.69. The van der Waals surface area contributed by atoms with Crippen molar-refractivity contribution in [2.45, 2.75) is 38.5 Å². The fraction of sp³-hybridized carbons (Fsp3) is 0.538. The SMILES string of the molecule is Cc1cc(NC(=O)C2CCC(F)(F)CC2)ncc1Br. The van der Waals surface area contributed by atoms with E-state index in [1.165, 1.54) is 0 Å². The number of amides is 1. The van der Waals surface area contributed by atoms with E-state index in [-0.39, 0.29) is 37.5 Å². The van der Waals surface area contributed by atoms with Gasteiger partial charge in [-0.25, -0.2) is 13.8 Å². The summed E-state index contributed by atoms with van der Waals surface area (Å²) in [6, 6.07) is 1.75. The molecule has 1 fully saturated rings. The normalized spacial score (nSPS) is 19.2. The maximum atomic E-state index is 13.0. The summed E-state index contributed by atoms with van der Waals surface area (Å²) >= 11 is 3.33. The molecule has 0 aliphatic heterocycles. The van der Waals surface area contributed by atoms with Crippen molar-refractivity contribution in [2.75, 3.05) is 5.32 Å². The lowest BCUT2D eigenvalue weighted by Gasteiger charge is -2.27. The Hall–Kier alpha value is -1.04. The molecule has 0 bridgehead atoms. The fourth-order valence-electron chi connectivity index (χ4n) is 2.14. The van der Waals surface area contributed by atoms with Gasteiger partial charge in [0.1, 0.15) is 5.82 Å². The quantitative estimate of drug-likeness (QED) is 0.891. The van der Waals surface area contributed by atoms with E-state index < -0.39 is 5.92 Å². The van der Waals surface area contributed by atoms with Gasteiger partial charge in [-0.3, -0.25) is 4.79 Å². The molecule has 0 unspecified atom stereocenters. The molecule has 0 spiro atoms. The van der Waals surface area contributed by atoms with E-state index in [4.69, 9.17) is 0 Å². The third-order valence-electron chi connectivity index (χ3n) is 3.39. The molecule has 1 heterocycles. The first kappa shape index (κ1) is 14.4. The standard InChI is InChI=1S/C13H15BrF2N2O/c1-8-6-11(17-7-10(8)14)18-12(19)9-2-4-13(15,16)5-3-9/h6-7,9H,2-5H2,1H3,(H,17,18,19). The summed E-state index contributed by atoms with van der Waals surface area (Å²) in [6.07, 6.45) is 1.65. The van der Waals surface area contributed by atoms with Crippen LogP contribution < -0.4 is 5.32 Å². The Morgan fingerprint density at radius 3 is 2.68 bits per heavy atom. The molecule has 0 saturated heterocycles. The van der Waals surface area contributed by atoms with Gasteiger partial charge in [-0.1, -0.05) is 0 Å². The molecule has 104 valence electrons. The third-order valence-corrected chi connectivity index (χ3v) is 4.22. The van der Waals surface area contributed by atoms with Crippen molar-refractivity contribution in [1.29, 1.82) is 0 Å². The van der Waals surface area contributed by atoms with Crippen LogP contribution in [0.25, 0.3) is 0 Å². The van der Waals surface area contributed by atoms with Crippen molar-refractivity contribution < 1.29 is 13.6 Å².